The van der Waals surface area contributed by atoms with Crippen LogP contribution in [0, 0.1) is 0 Å². The van der Waals surface area contributed by atoms with E-state index in [1.54, 1.807) is 0 Å². The first kappa shape index (κ1) is 9.22. The molecule has 3 rings (SSSR count). The van der Waals surface area contributed by atoms with Gasteiger partial charge in [-0.2, -0.15) is 0 Å². The van der Waals surface area contributed by atoms with E-state index in [0.717, 1.165) is 16.9 Å². The third-order valence-electron chi connectivity index (χ3n) is 2.28. The summed E-state index contributed by atoms with van der Waals surface area (Å²) in [4.78, 5) is 11.2. The number of fused-ring (bicyclic) bond motifs is 1. The van der Waals surface area contributed by atoms with Gasteiger partial charge in [0.25, 0.3) is 0 Å². The molecule has 0 fully saturated rings. The van der Waals surface area contributed by atoms with Gasteiger partial charge < -0.3 is 10.6 Å². The van der Waals surface area contributed by atoms with E-state index in [1.165, 1.54) is 11.5 Å². The van der Waals surface area contributed by atoms with Gasteiger partial charge in [0.15, 0.2) is 0 Å². The maximum Gasteiger partial charge on any atom is 0.229 e. The molecular formula is C9H7N5OS. The van der Waals surface area contributed by atoms with Gasteiger partial charge in [0, 0.05) is 22.9 Å². The number of benzene rings is 1. The van der Waals surface area contributed by atoms with E-state index in [0.29, 0.717) is 11.6 Å². The Balaban J connectivity index is 1.88. The zero-order valence-electron chi connectivity index (χ0n) is 8.10. The highest BCUT2D eigenvalue weighted by Crippen LogP contribution is 2.27. The molecule has 6 nitrogen and oxygen atoms in total. The average molecular weight is 233 g/mol. The second kappa shape index (κ2) is 3.53. The number of nitrogens with zero attached hydrogens (tertiary/aromatic N) is 3. The quantitative estimate of drug-likeness (QED) is 0.814. The van der Waals surface area contributed by atoms with Crippen LogP contribution in [0.5, 0.6) is 0 Å². The van der Waals surface area contributed by atoms with Gasteiger partial charge in [0.2, 0.25) is 11.0 Å². The lowest BCUT2D eigenvalue weighted by atomic mass is 10.1. The Kier molecular flexibility index (Phi) is 2.03. The fourth-order valence-electron chi connectivity index (χ4n) is 1.61. The molecule has 0 radical (unpaired) electrons. The minimum atomic E-state index is 0.0322. The summed E-state index contributed by atoms with van der Waals surface area (Å²) in [6.45, 7) is 0. The number of carbonyl (C=O) groups is 1. The minimum Gasteiger partial charge on any atom is -0.329 e. The summed E-state index contributed by atoms with van der Waals surface area (Å²) in [6, 6.07) is 5.68. The Morgan fingerprint density at radius 3 is 3.19 bits per heavy atom. The third-order valence-corrected chi connectivity index (χ3v) is 2.79. The maximum atomic E-state index is 11.2. The van der Waals surface area contributed by atoms with Crippen LogP contribution in [0.1, 0.15) is 5.56 Å². The van der Waals surface area contributed by atoms with E-state index in [2.05, 4.69) is 25.4 Å². The van der Waals surface area contributed by atoms with Crippen molar-refractivity contribution in [3.05, 3.63) is 23.8 Å². The summed E-state index contributed by atoms with van der Waals surface area (Å²) < 4.78 is 3.65. The Morgan fingerprint density at radius 1 is 1.44 bits per heavy atom. The SMILES string of the molecule is O=C1Cc2cc(Nc3nnns3)ccc2N1. The Hall–Kier alpha value is -2.02. The molecule has 80 valence electrons. The molecule has 0 aliphatic carbocycles. The molecular weight excluding hydrogens is 226 g/mol. The summed E-state index contributed by atoms with van der Waals surface area (Å²) in [5.41, 5.74) is 2.76. The largest absolute Gasteiger partial charge is 0.329 e. The number of anilines is 3. The summed E-state index contributed by atoms with van der Waals surface area (Å²) in [7, 11) is 0. The second-order valence-corrected chi connectivity index (χ2v) is 4.12. The summed E-state index contributed by atoms with van der Waals surface area (Å²) in [5.74, 6) is 0.0322. The molecule has 7 heteroatoms. The normalized spacial score (nSPS) is 13.4. The van der Waals surface area contributed by atoms with Crippen molar-refractivity contribution < 1.29 is 4.79 Å². The average Bonchev–Trinajstić information content (AvgIpc) is 2.85. The van der Waals surface area contributed by atoms with E-state index < -0.39 is 0 Å². The predicted molar refractivity (Wildman–Crippen MR) is 59.8 cm³/mol. The molecule has 1 aliphatic rings. The lowest BCUT2D eigenvalue weighted by molar-refractivity contribution is -0.115. The first-order valence-electron chi connectivity index (χ1n) is 4.66. The van der Waals surface area contributed by atoms with Crippen molar-refractivity contribution in [2.24, 2.45) is 0 Å². The van der Waals surface area contributed by atoms with Gasteiger partial charge in [0.05, 0.1) is 6.42 Å². The van der Waals surface area contributed by atoms with Crippen molar-refractivity contribution in [1.29, 1.82) is 0 Å². The second-order valence-electron chi connectivity index (χ2n) is 3.39. The van der Waals surface area contributed by atoms with Crippen molar-refractivity contribution in [3.63, 3.8) is 0 Å². The molecule has 1 aromatic carbocycles. The molecule has 0 saturated carbocycles. The number of rotatable bonds is 2. The van der Waals surface area contributed by atoms with E-state index in [4.69, 9.17) is 0 Å². The lowest BCUT2D eigenvalue weighted by Crippen LogP contribution is -2.03. The van der Waals surface area contributed by atoms with Crippen LogP contribution in [-0.4, -0.2) is 20.7 Å². The first-order chi connectivity index (χ1) is 7.81. The highest BCUT2D eigenvalue weighted by molar-refractivity contribution is 7.09. The third kappa shape index (κ3) is 1.61. The van der Waals surface area contributed by atoms with Crippen LogP contribution in [0.4, 0.5) is 16.5 Å². The topological polar surface area (TPSA) is 79.8 Å². The van der Waals surface area contributed by atoms with Crippen molar-refractivity contribution in [3.8, 4) is 0 Å². The van der Waals surface area contributed by atoms with Crippen molar-refractivity contribution in [2.45, 2.75) is 6.42 Å². The molecule has 0 unspecified atom stereocenters. The van der Waals surface area contributed by atoms with Gasteiger partial charge in [-0.3, -0.25) is 4.79 Å². The fraction of sp³-hybridized carbons (Fsp3) is 0.111. The molecule has 2 heterocycles. The van der Waals surface area contributed by atoms with Crippen LogP contribution in [-0.2, 0) is 11.2 Å². The van der Waals surface area contributed by atoms with Crippen LogP contribution < -0.4 is 10.6 Å². The molecule has 0 spiro atoms. The zero-order valence-corrected chi connectivity index (χ0v) is 8.91. The molecule has 2 N–H and O–H groups in total. The molecule has 1 aliphatic heterocycles. The zero-order chi connectivity index (χ0) is 11.0. The number of amides is 1. The van der Waals surface area contributed by atoms with Gasteiger partial charge in [-0.25, -0.2) is 0 Å². The number of hydrogen-bond acceptors (Lipinski definition) is 6. The fourth-order valence-corrected chi connectivity index (χ4v) is 2.00. The predicted octanol–water partition coefficient (Wildman–Crippen LogP) is 1.17. The summed E-state index contributed by atoms with van der Waals surface area (Å²) >= 11 is 1.19. The smallest absolute Gasteiger partial charge is 0.229 e. The molecule has 1 aromatic heterocycles. The minimum absolute atomic E-state index is 0.0322. The Bertz CT molecular complexity index is 539. The van der Waals surface area contributed by atoms with E-state index >= 15 is 0 Å². The van der Waals surface area contributed by atoms with Crippen LogP contribution in [0.2, 0.25) is 0 Å². The molecule has 1 amide bonds. The van der Waals surface area contributed by atoms with Crippen molar-refractivity contribution in [2.75, 3.05) is 10.6 Å². The number of carbonyl (C=O) groups excluding carboxylic acids is 1. The van der Waals surface area contributed by atoms with Gasteiger partial charge in [-0.05, 0) is 29.0 Å². The highest BCUT2D eigenvalue weighted by Gasteiger charge is 2.17. The first-order valence-corrected chi connectivity index (χ1v) is 5.43. The van der Waals surface area contributed by atoms with Gasteiger partial charge in [-0.1, -0.05) is 9.59 Å². The summed E-state index contributed by atoms with van der Waals surface area (Å²) in [6.07, 6.45) is 0.430. The van der Waals surface area contributed by atoms with E-state index in [-0.39, 0.29) is 5.91 Å². The molecule has 0 saturated heterocycles. The van der Waals surface area contributed by atoms with Gasteiger partial charge >= 0.3 is 0 Å². The highest BCUT2D eigenvalue weighted by atomic mass is 32.1. The van der Waals surface area contributed by atoms with E-state index in [1.807, 2.05) is 18.2 Å². The van der Waals surface area contributed by atoms with Crippen molar-refractivity contribution in [1.82, 2.24) is 14.8 Å². The molecule has 2 aromatic rings. The van der Waals surface area contributed by atoms with Crippen LogP contribution in [0.3, 0.4) is 0 Å². The Labute approximate surface area is 94.9 Å². The van der Waals surface area contributed by atoms with E-state index in [9.17, 15) is 4.79 Å². The van der Waals surface area contributed by atoms with Gasteiger partial charge in [0.1, 0.15) is 0 Å². The number of hydrogen-bond donors (Lipinski definition) is 2. The standard InChI is InChI=1S/C9H7N5OS/c15-8-4-5-3-6(1-2-7(5)11-8)10-9-12-13-14-16-9/h1-3H,4H2,(H,11,15)(H,10,12,14). The maximum absolute atomic E-state index is 11.2. The lowest BCUT2D eigenvalue weighted by Gasteiger charge is -2.03. The number of aromatic nitrogens is 3. The van der Waals surface area contributed by atoms with Crippen LogP contribution >= 0.6 is 11.5 Å². The Morgan fingerprint density at radius 2 is 2.38 bits per heavy atom. The summed E-state index contributed by atoms with van der Waals surface area (Å²) in [5, 5.41) is 13.8. The monoisotopic (exact) mass is 233 g/mol. The molecule has 16 heavy (non-hydrogen) atoms. The number of nitrogens with one attached hydrogen (secondary N) is 2. The molecule has 0 atom stereocenters. The van der Waals surface area contributed by atoms with Crippen molar-refractivity contribution >= 4 is 33.9 Å². The van der Waals surface area contributed by atoms with Crippen LogP contribution in [0.15, 0.2) is 18.2 Å². The van der Waals surface area contributed by atoms with Gasteiger partial charge in [-0.15, -0.1) is 0 Å². The molecule has 0 bridgehead atoms. The van der Waals surface area contributed by atoms with Crippen LogP contribution in [0.25, 0.3) is 0 Å².